The zero-order chi connectivity index (χ0) is 19.7. The molecule has 1 aliphatic rings. The van der Waals surface area contributed by atoms with Gasteiger partial charge >= 0.3 is 0 Å². The van der Waals surface area contributed by atoms with Crippen LogP contribution in [0.5, 0.6) is 5.75 Å². The first-order chi connectivity index (χ1) is 13.5. The summed E-state index contributed by atoms with van der Waals surface area (Å²) < 4.78 is 22.9. The highest BCUT2D eigenvalue weighted by molar-refractivity contribution is 7.71. The lowest BCUT2D eigenvalue weighted by atomic mass is 10.2. The van der Waals surface area contributed by atoms with Gasteiger partial charge in [-0.2, -0.15) is 5.10 Å². The largest absolute Gasteiger partial charge is 0.497 e. The van der Waals surface area contributed by atoms with Gasteiger partial charge < -0.3 is 9.30 Å². The Morgan fingerprint density at radius 3 is 2.43 bits per heavy atom. The summed E-state index contributed by atoms with van der Waals surface area (Å²) in [7, 11) is 3.57. The molecular formula is C21H23FN4OS. The van der Waals surface area contributed by atoms with Crippen molar-refractivity contribution >= 4 is 12.2 Å². The number of ether oxygens (including phenoxy) is 1. The molecule has 0 unspecified atom stereocenters. The number of halogens is 1. The van der Waals surface area contributed by atoms with Crippen molar-refractivity contribution in [1.29, 1.82) is 0 Å². The van der Waals surface area contributed by atoms with Crippen LogP contribution in [0.4, 0.5) is 4.39 Å². The van der Waals surface area contributed by atoms with Gasteiger partial charge in [0.15, 0.2) is 10.6 Å². The molecule has 0 saturated heterocycles. The molecule has 0 spiro atoms. The van der Waals surface area contributed by atoms with Crippen LogP contribution in [-0.4, -0.2) is 32.4 Å². The molecule has 0 radical (unpaired) electrons. The van der Waals surface area contributed by atoms with Crippen LogP contribution in [0.25, 0.3) is 11.4 Å². The summed E-state index contributed by atoms with van der Waals surface area (Å²) in [6, 6.07) is 15.1. The van der Waals surface area contributed by atoms with Crippen molar-refractivity contribution in [3.05, 3.63) is 64.7 Å². The summed E-state index contributed by atoms with van der Waals surface area (Å²) in [5.41, 5.74) is 2.08. The van der Waals surface area contributed by atoms with E-state index in [0.717, 1.165) is 23.7 Å². The molecule has 5 nitrogen and oxygen atoms in total. The van der Waals surface area contributed by atoms with Crippen molar-refractivity contribution in [3.63, 3.8) is 0 Å². The zero-order valence-electron chi connectivity index (χ0n) is 16.0. The number of benzene rings is 2. The fraction of sp³-hybridized carbons (Fsp3) is 0.333. The first-order valence-corrected chi connectivity index (χ1v) is 9.73. The van der Waals surface area contributed by atoms with E-state index in [1.807, 2.05) is 28.4 Å². The lowest BCUT2D eigenvalue weighted by Crippen LogP contribution is -2.29. The number of rotatable bonds is 7. The summed E-state index contributed by atoms with van der Waals surface area (Å²) in [6.07, 6.45) is 2.39. The van der Waals surface area contributed by atoms with Crippen LogP contribution in [0.3, 0.4) is 0 Å². The maximum Gasteiger partial charge on any atom is 0.199 e. The Hall–Kier alpha value is -2.51. The Bertz CT molecular complexity index is 1010. The van der Waals surface area contributed by atoms with Crippen molar-refractivity contribution < 1.29 is 9.13 Å². The molecule has 7 heteroatoms. The minimum absolute atomic E-state index is 0.260. The van der Waals surface area contributed by atoms with Gasteiger partial charge in [-0.15, -0.1) is 0 Å². The number of nitrogens with zero attached hydrogens (tertiary/aromatic N) is 4. The molecule has 0 atom stereocenters. The SMILES string of the molecule is COc1ccc(CN(Cn2nc(-c3ccc(F)cc3)n(C)c2=S)C2CC2)cc1. The van der Waals surface area contributed by atoms with Gasteiger partial charge in [0, 0.05) is 25.2 Å². The summed E-state index contributed by atoms with van der Waals surface area (Å²) in [5, 5.41) is 4.72. The second-order valence-electron chi connectivity index (χ2n) is 7.14. The monoisotopic (exact) mass is 398 g/mol. The number of aromatic nitrogens is 3. The molecule has 0 aliphatic heterocycles. The Labute approximate surface area is 169 Å². The van der Waals surface area contributed by atoms with E-state index in [2.05, 4.69) is 17.0 Å². The van der Waals surface area contributed by atoms with Crippen LogP contribution in [-0.2, 0) is 20.3 Å². The molecule has 4 rings (SSSR count). The quantitative estimate of drug-likeness (QED) is 0.553. The summed E-state index contributed by atoms with van der Waals surface area (Å²) >= 11 is 5.61. The Kier molecular flexibility index (Phi) is 5.28. The van der Waals surface area contributed by atoms with Crippen LogP contribution in [0.15, 0.2) is 48.5 Å². The Morgan fingerprint density at radius 2 is 1.82 bits per heavy atom. The molecule has 2 aromatic carbocycles. The average molecular weight is 399 g/mol. The minimum Gasteiger partial charge on any atom is -0.497 e. The fourth-order valence-corrected chi connectivity index (χ4v) is 3.49. The highest BCUT2D eigenvalue weighted by Gasteiger charge is 2.29. The zero-order valence-corrected chi connectivity index (χ0v) is 16.8. The summed E-state index contributed by atoms with van der Waals surface area (Å²) in [4.78, 5) is 2.40. The van der Waals surface area contributed by atoms with E-state index in [0.29, 0.717) is 17.5 Å². The molecular weight excluding hydrogens is 375 g/mol. The molecule has 3 aromatic rings. The Morgan fingerprint density at radius 1 is 1.14 bits per heavy atom. The predicted molar refractivity (Wildman–Crippen MR) is 109 cm³/mol. The predicted octanol–water partition coefficient (Wildman–Crippen LogP) is 4.39. The molecule has 1 heterocycles. The third-order valence-corrected chi connectivity index (χ3v) is 5.55. The minimum atomic E-state index is -0.260. The van der Waals surface area contributed by atoms with Gasteiger partial charge in [-0.1, -0.05) is 12.1 Å². The van der Waals surface area contributed by atoms with Gasteiger partial charge in [-0.3, -0.25) is 4.90 Å². The highest BCUT2D eigenvalue weighted by atomic mass is 32.1. The average Bonchev–Trinajstić information content (AvgIpc) is 3.52. The molecule has 1 saturated carbocycles. The lowest BCUT2D eigenvalue weighted by Gasteiger charge is -2.22. The van der Waals surface area contributed by atoms with Crippen molar-refractivity contribution in [2.45, 2.75) is 32.1 Å². The maximum atomic E-state index is 13.2. The molecule has 28 heavy (non-hydrogen) atoms. The van der Waals surface area contributed by atoms with E-state index in [1.54, 1.807) is 19.2 Å². The topological polar surface area (TPSA) is 35.2 Å². The van der Waals surface area contributed by atoms with Crippen molar-refractivity contribution in [2.24, 2.45) is 7.05 Å². The summed E-state index contributed by atoms with van der Waals surface area (Å²) in [6.45, 7) is 1.46. The normalized spacial score (nSPS) is 13.9. The third-order valence-electron chi connectivity index (χ3n) is 5.07. The second kappa shape index (κ2) is 7.85. The van der Waals surface area contributed by atoms with Gasteiger partial charge in [-0.25, -0.2) is 9.07 Å². The molecule has 1 aliphatic carbocycles. The lowest BCUT2D eigenvalue weighted by molar-refractivity contribution is 0.186. The standard InChI is InChI=1S/C21H23FN4OS/c1-24-20(16-5-7-17(22)8-6-16)23-26(21(24)28)14-25(18-9-10-18)13-15-3-11-19(27-2)12-4-15/h3-8,11-12,18H,9-10,13-14H2,1-2H3. The number of hydrogen-bond acceptors (Lipinski definition) is 4. The van der Waals surface area contributed by atoms with Crippen LogP contribution >= 0.6 is 12.2 Å². The van der Waals surface area contributed by atoms with E-state index >= 15 is 0 Å². The molecule has 0 N–H and O–H groups in total. The molecule has 1 aromatic heterocycles. The van der Waals surface area contributed by atoms with Crippen molar-refractivity contribution in [1.82, 2.24) is 19.2 Å². The van der Waals surface area contributed by atoms with Crippen LogP contribution in [0, 0.1) is 10.6 Å². The Balaban J connectivity index is 1.56. The maximum absolute atomic E-state index is 13.2. The van der Waals surface area contributed by atoms with E-state index in [4.69, 9.17) is 22.1 Å². The van der Waals surface area contributed by atoms with Gasteiger partial charge in [0.25, 0.3) is 0 Å². The molecule has 1 fully saturated rings. The third kappa shape index (κ3) is 4.00. The molecule has 0 amide bonds. The van der Waals surface area contributed by atoms with E-state index < -0.39 is 0 Å². The van der Waals surface area contributed by atoms with E-state index in [9.17, 15) is 4.39 Å². The van der Waals surface area contributed by atoms with Gasteiger partial charge in [0.1, 0.15) is 11.6 Å². The number of hydrogen-bond donors (Lipinski definition) is 0. The van der Waals surface area contributed by atoms with E-state index in [1.165, 1.54) is 30.5 Å². The first kappa shape index (κ1) is 18.8. The summed E-state index contributed by atoms with van der Waals surface area (Å²) in [5.74, 6) is 1.34. The van der Waals surface area contributed by atoms with Gasteiger partial charge in [-0.05, 0) is 67.0 Å². The highest BCUT2D eigenvalue weighted by Crippen LogP contribution is 2.29. The molecule has 0 bridgehead atoms. The van der Waals surface area contributed by atoms with Gasteiger partial charge in [0.2, 0.25) is 0 Å². The molecule has 146 valence electrons. The van der Waals surface area contributed by atoms with Crippen LogP contribution < -0.4 is 4.74 Å². The van der Waals surface area contributed by atoms with Crippen LogP contribution in [0.1, 0.15) is 18.4 Å². The van der Waals surface area contributed by atoms with Gasteiger partial charge in [0.05, 0.1) is 13.8 Å². The number of methoxy groups -OCH3 is 1. The van der Waals surface area contributed by atoms with Crippen molar-refractivity contribution in [2.75, 3.05) is 7.11 Å². The van der Waals surface area contributed by atoms with E-state index in [-0.39, 0.29) is 5.82 Å². The van der Waals surface area contributed by atoms with Crippen LogP contribution in [0.2, 0.25) is 0 Å². The first-order valence-electron chi connectivity index (χ1n) is 9.32. The smallest absolute Gasteiger partial charge is 0.199 e. The van der Waals surface area contributed by atoms with Crippen molar-refractivity contribution in [3.8, 4) is 17.1 Å². The second-order valence-corrected chi connectivity index (χ2v) is 7.50. The fourth-order valence-electron chi connectivity index (χ4n) is 3.30.